The Morgan fingerprint density at radius 1 is 1.13 bits per heavy atom. The van der Waals surface area contributed by atoms with Gasteiger partial charge in [-0.25, -0.2) is 4.79 Å². The summed E-state index contributed by atoms with van der Waals surface area (Å²) in [6.45, 7) is 8.76. The Kier molecular flexibility index (Phi) is 7.94. The third-order valence-corrected chi connectivity index (χ3v) is 4.48. The number of rotatable bonds is 1. The van der Waals surface area contributed by atoms with Crippen LogP contribution < -0.4 is 0 Å². The van der Waals surface area contributed by atoms with Crippen molar-refractivity contribution in [3.8, 4) is 0 Å². The van der Waals surface area contributed by atoms with Crippen LogP contribution in [0.25, 0.3) is 0 Å². The van der Waals surface area contributed by atoms with Gasteiger partial charge in [0, 0.05) is 31.6 Å². The van der Waals surface area contributed by atoms with Crippen LogP contribution in [0.3, 0.4) is 0 Å². The molecule has 8 heteroatoms. The third kappa shape index (κ3) is 6.31. The first-order chi connectivity index (χ1) is 10.7. The van der Waals surface area contributed by atoms with Crippen molar-refractivity contribution in [2.75, 3.05) is 36.8 Å². The molecule has 1 spiro atoms. The molecule has 0 saturated carbocycles. The van der Waals surface area contributed by atoms with Crippen LogP contribution in [-0.4, -0.2) is 64.2 Å². The van der Waals surface area contributed by atoms with E-state index in [9.17, 15) is 9.59 Å². The molecule has 23 heavy (non-hydrogen) atoms. The SMILES string of the molecule is CC(C)(C)OC(=O)N1CC2(CCN(C(=O)CBr)CC2)C1.ClCCl. The van der Waals surface area contributed by atoms with Crippen LogP contribution in [0.4, 0.5) is 4.79 Å². The molecular weight excluding hydrogens is 407 g/mol. The molecule has 2 amide bonds. The topological polar surface area (TPSA) is 49.9 Å². The monoisotopic (exact) mass is 430 g/mol. The second-order valence-electron chi connectivity index (χ2n) is 6.95. The first-order valence-corrected chi connectivity index (χ1v) is 9.79. The predicted molar refractivity (Wildman–Crippen MR) is 96.4 cm³/mol. The molecule has 2 heterocycles. The zero-order valence-corrected chi connectivity index (χ0v) is 17.0. The van der Waals surface area contributed by atoms with E-state index in [2.05, 4.69) is 15.9 Å². The Labute approximate surface area is 156 Å². The molecule has 2 saturated heterocycles. The van der Waals surface area contributed by atoms with Crippen molar-refractivity contribution in [2.45, 2.75) is 39.2 Å². The molecule has 0 aliphatic carbocycles. The standard InChI is InChI=1S/C14H23BrN2O3.CH2Cl2/c1-13(2,3)20-12(19)17-9-14(10-17)4-6-16(7-5-14)11(18)8-15;2-1-3/h4-10H2,1-3H3;1H2. The van der Waals surface area contributed by atoms with Crippen molar-refractivity contribution < 1.29 is 14.3 Å². The average molecular weight is 432 g/mol. The van der Waals surface area contributed by atoms with Crippen LogP contribution in [0.5, 0.6) is 0 Å². The van der Waals surface area contributed by atoms with E-state index in [1.807, 2.05) is 25.7 Å². The lowest BCUT2D eigenvalue weighted by Gasteiger charge is -2.53. The summed E-state index contributed by atoms with van der Waals surface area (Å²) >= 11 is 12.7. The van der Waals surface area contributed by atoms with Crippen LogP contribution in [0.1, 0.15) is 33.6 Å². The molecule has 0 aromatic heterocycles. The van der Waals surface area contributed by atoms with Crippen LogP contribution >= 0.6 is 39.1 Å². The molecule has 0 aromatic carbocycles. The summed E-state index contributed by atoms with van der Waals surface area (Å²) in [5.41, 5.74) is -0.231. The summed E-state index contributed by atoms with van der Waals surface area (Å²) < 4.78 is 5.37. The molecule has 0 unspecified atom stereocenters. The maximum Gasteiger partial charge on any atom is 0.410 e. The summed E-state index contributed by atoms with van der Waals surface area (Å²) in [5, 5.41) is 0.587. The van der Waals surface area contributed by atoms with Crippen LogP contribution in [0.2, 0.25) is 0 Å². The Morgan fingerprint density at radius 3 is 2.00 bits per heavy atom. The Bertz CT molecular complexity index is 413. The molecule has 2 fully saturated rings. The van der Waals surface area contributed by atoms with E-state index in [1.165, 1.54) is 0 Å². The zero-order valence-electron chi connectivity index (χ0n) is 13.9. The minimum Gasteiger partial charge on any atom is -0.444 e. The number of ether oxygens (including phenoxy) is 1. The normalized spacial score (nSPS) is 19.6. The first-order valence-electron chi connectivity index (χ1n) is 7.60. The van der Waals surface area contributed by atoms with Gasteiger partial charge in [0.05, 0.1) is 10.7 Å². The van der Waals surface area contributed by atoms with Crippen molar-refractivity contribution in [3.63, 3.8) is 0 Å². The molecule has 0 radical (unpaired) electrons. The second kappa shape index (κ2) is 8.77. The molecule has 134 valence electrons. The van der Waals surface area contributed by atoms with Crippen molar-refractivity contribution in [1.82, 2.24) is 9.80 Å². The summed E-state index contributed by atoms with van der Waals surface area (Å²) in [4.78, 5) is 27.2. The molecule has 0 N–H and O–H groups in total. The minimum absolute atomic E-state index is 0.156. The summed E-state index contributed by atoms with van der Waals surface area (Å²) in [7, 11) is 0. The molecule has 0 aromatic rings. The predicted octanol–water partition coefficient (Wildman–Crippen LogP) is 3.66. The molecular formula is C15H25BrCl2N2O3. The van der Waals surface area contributed by atoms with Gasteiger partial charge in [0.1, 0.15) is 5.60 Å². The number of hydrogen-bond acceptors (Lipinski definition) is 3. The van der Waals surface area contributed by atoms with Gasteiger partial charge in [0.15, 0.2) is 0 Å². The van der Waals surface area contributed by atoms with Crippen molar-refractivity contribution in [2.24, 2.45) is 5.41 Å². The highest BCUT2D eigenvalue weighted by Crippen LogP contribution is 2.41. The number of amides is 2. The van der Waals surface area contributed by atoms with E-state index < -0.39 is 5.60 Å². The highest BCUT2D eigenvalue weighted by atomic mass is 79.9. The van der Waals surface area contributed by atoms with Crippen LogP contribution in [0.15, 0.2) is 0 Å². The summed E-state index contributed by atoms with van der Waals surface area (Å²) in [5.74, 6) is 0.156. The summed E-state index contributed by atoms with van der Waals surface area (Å²) in [6.07, 6.45) is 1.73. The van der Waals surface area contributed by atoms with E-state index in [-0.39, 0.29) is 22.8 Å². The highest BCUT2D eigenvalue weighted by molar-refractivity contribution is 9.09. The van der Waals surface area contributed by atoms with Gasteiger partial charge in [-0.2, -0.15) is 0 Å². The molecule has 2 aliphatic rings. The Balaban J connectivity index is 0.000000816. The maximum absolute atomic E-state index is 11.9. The van der Waals surface area contributed by atoms with E-state index in [0.717, 1.165) is 39.0 Å². The number of carbonyl (C=O) groups is 2. The van der Waals surface area contributed by atoms with E-state index in [4.69, 9.17) is 27.9 Å². The van der Waals surface area contributed by atoms with Gasteiger partial charge >= 0.3 is 6.09 Å². The molecule has 0 atom stereocenters. The van der Waals surface area contributed by atoms with Crippen molar-refractivity contribution in [1.29, 1.82) is 0 Å². The van der Waals surface area contributed by atoms with Crippen molar-refractivity contribution in [3.05, 3.63) is 0 Å². The largest absolute Gasteiger partial charge is 0.444 e. The number of piperidine rings is 1. The highest BCUT2D eigenvalue weighted by Gasteiger charge is 2.48. The van der Waals surface area contributed by atoms with Crippen molar-refractivity contribution >= 4 is 51.1 Å². The number of carbonyl (C=O) groups excluding carboxylic acids is 2. The van der Waals surface area contributed by atoms with E-state index in [0.29, 0.717) is 5.33 Å². The van der Waals surface area contributed by atoms with Gasteiger partial charge in [0.2, 0.25) is 5.91 Å². The number of halogens is 3. The zero-order chi connectivity index (χ0) is 17.7. The maximum atomic E-state index is 11.9. The minimum atomic E-state index is -0.439. The van der Waals surface area contributed by atoms with Gasteiger partial charge in [-0.3, -0.25) is 4.79 Å². The second-order valence-corrected chi connectivity index (χ2v) is 8.32. The number of nitrogens with zero attached hydrogens (tertiary/aromatic N) is 2. The fraction of sp³-hybridized carbons (Fsp3) is 0.867. The molecule has 0 bridgehead atoms. The van der Waals surface area contributed by atoms with E-state index >= 15 is 0 Å². The summed E-state index contributed by atoms with van der Waals surface area (Å²) in [6, 6.07) is 0. The molecule has 2 rings (SSSR count). The lowest BCUT2D eigenvalue weighted by molar-refractivity contribution is -0.133. The number of alkyl halides is 3. The quantitative estimate of drug-likeness (QED) is 0.595. The first kappa shape index (κ1) is 20.8. The smallest absolute Gasteiger partial charge is 0.410 e. The lowest BCUT2D eigenvalue weighted by Crippen LogP contribution is -2.62. The fourth-order valence-corrected chi connectivity index (χ4v) is 3.20. The Hall–Kier alpha value is -0.200. The van der Waals surface area contributed by atoms with Gasteiger partial charge in [-0.1, -0.05) is 15.9 Å². The van der Waals surface area contributed by atoms with Gasteiger partial charge in [-0.15, -0.1) is 23.2 Å². The number of likely N-dealkylation sites (tertiary alicyclic amines) is 2. The molecule has 5 nitrogen and oxygen atoms in total. The lowest BCUT2D eigenvalue weighted by atomic mass is 9.72. The third-order valence-electron chi connectivity index (χ3n) is 4.00. The van der Waals surface area contributed by atoms with Crippen LogP contribution in [-0.2, 0) is 9.53 Å². The van der Waals surface area contributed by atoms with Gasteiger partial charge in [0.25, 0.3) is 0 Å². The molecule has 2 aliphatic heterocycles. The van der Waals surface area contributed by atoms with Crippen LogP contribution in [0, 0.1) is 5.41 Å². The fourth-order valence-electron chi connectivity index (χ4n) is 2.85. The van der Waals surface area contributed by atoms with Gasteiger partial charge < -0.3 is 14.5 Å². The Morgan fingerprint density at radius 2 is 1.61 bits per heavy atom. The van der Waals surface area contributed by atoms with Gasteiger partial charge in [-0.05, 0) is 33.6 Å². The van der Waals surface area contributed by atoms with E-state index in [1.54, 1.807) is 4.90 Å². The number of hydrogen-bond donors (Lipinski definition) is 0. The average Bonchev–Trinajstić information content (AvgIpc) is 2.43.